The van der Waals surface area contributed by atoms with Crippen LogP contribution in [-0.4, -0.2) is 13.7 Å². The Hall–Kier alpha value is -1.70. The Balaban J connectivity index is 2.26. The van der Waals surface area contributed by atoms with Gasteiger partial charge in [-0.05, 0) is 11.6 Å². The van der Waals surface area contributed by atoms with Gasteiger partial charge in [-0.1, -0.05) is 30.8 Å². The Morgan fingerprint density at radius 2 is 2.25 bits per heavy atom. The van der Waals surface area contributed by atoms with Crippen molar-refractivity contribution in [2.45, 2.75) is 12.8 Å². The lowest BCUT2D eigenvalue weighted by atomic mass is 10.0. The Bertz CT molecular complexity index is 418. The Labute approximate surface area is 96.2 Å². The predicted molar refractivity (Wildman–Crippen MR) is 64.8 cm³/mol. The van der Waals surface area contributed by atoms with E-state index in [1.807, 2.05) is 12.1 Å². The molecule has 0 atom stereocenters. The van der Waals surface area contributed by atoms with E-state index in [1.54, 1.807) is 7.11 Å². The summed E-state index contributed by atoms with van der Waals surface area (Å²) in [4.78, 5) is 0. The van der Waals surface area contributed by atoms with Crippen LogP contribution >= 0.6 is 0 Å². The minimum Gasteiger partial charge on any atom is -0.501 e. The van der Waals surface area contributed by atoms with Gasteiger partial charge in [0.1, 0.15) is 5.76 Å². The van der Waals surface area contributed by atoms with Gasteiger partial charge in [-0.2, -0.15) is 0 Å². The molecule has 0 spiro atoms. The molecule has 16 heavy (non-hydrogen) atoms. The zero-order chi connectivity index (χ0) is 11.4. The fraction of sp³-hybridized carbons (Fsp3) is 0.286. The van der Waals surface area contributed by atoms with Crippen LogP contribution in [-0.2, 0) is 15.9 Å². The van der Waals surface area contributed by atoms with Gasteiger partial charge in [-0.15, -0.1) is 0 Å². The van der Waals surface area contributed by atoms with Crippen molar-refractivity contribution in [3.8, 4) is 0 Å². The van der Waals surface area contributed by atoms with E-state index in [1.165, 1.54) is 5.56 Å². The Kier molecular flexibility index (Phi) is 3.30. The van der Waals surface area contributed by atoms with Crippen molar-refractivity contribution in [2.24, 2.45) is 0 Å². The normalized spacial score (nSPS) is 14.2. The van der Waals surface area contributed by atoms with Crippen LogP contribution in [0.4, 0.5) is 0 Å². The number of rotatable bonds is 4. The van der Waals surface area contributed by atoms with Gasteiger partial charge in [-0.3, -0.25) is 0 Å². The number of hydrogen-bond acceptors (Lipinski definition) is 2. The quantitative estimate of drug-likeness (QED) is 0.720. The fourth-order valence-electron chi connectivity index (χ4n) is 1.80. The highest BCUT2D eigenvalue weighted by atomic mass is 16.5. The molecule has 0 bridgehead atoms. The van der Waals surface area contributed by atoms with Gasteiger partial charge in [0.05, 0.1) is 19.5 Å². The van der Waals surface area contributed by atoms with Crippen molar-refractivity contribution in [3.63, 3.8) is 0 Å². The van der Waals surface area contributed by atoms with Crippen LogP contribution in [0.1, 0.15) is 17.5 Å². The van der Waals surface area contributed by atoms with Crippen molar-refractivity contribution in [1.82, 2.24) is 0 Å². The minimum atomic E-state index is 0.730. The largest absolute Gasteiger partial charge is 0.501 e. The van der Waals surface area contributed by atoms with Crippen molar-refractivity contribution in [3.05, 3.63) is 53.8 Å². The zero-order valence-corrected chi connectivity index (χ0v) is 9.53. The van der Waals surface area contributed by atoms with Crippen LogP contribution in [0.2, 0.25) is 0 Å². The van der Waals surface area contributed by atoms with E-state index < -0.39 is 0 Å². The third-order valence-electron chi connectivity index (χ3n) is 2.66. The molecule has 1 heterocycles. The predicted octanol–water partition coefficient (Wildman–Crippen LogP) is 3.15. The third-order valence-corrected chi connectivity index (χ3v) is 2.66. The molecule has 1 aliphatic heterocycles. The molecule has 0 amide bonds. The van der Waals surface area contributed by atoms with Crippen molar-refractivity contribution < 1.29 is 9.47 Å². The van der Waals surface area contributed by atoms with E-state index in [9.17, 15) is 0 Å². The summed E-state index contributed by atoms with van der Waals surface area (Å²) in [5, 5.41) is 0. The summed E-state index contributed by atoms with van der Waals surface area (Å²) < 4.78 is 10.7. The molecule has 84 valence electrons. The topological polar surface area (TPSA) is 18.5 Å². The number of methoxy groups -OCH3 is 1. The number of ether oxygens (including phenoxy) is 2. The fourth-order valence-corrected chi connectivity index (χ4v) is 1.80. The molecule has 2 nitrogen and oxygen atoms in total. The second-order valence-electron chi connectivity index (χ2n) is 3.78. The van der Waals surface area contributed by atoms with Crippen LogP contribution < -0.4 is 0 Å². The maximum Gasteiger partial charge on any atom is 0.122 e. The van der Waals surface area contributed by atoms with Gasteiger partial charge in [-0.25, -0.2) is 0 Å². The summed E-state index contributed by atoms with van der Waals surface area (Å²) in [6.07, 6.45) is 3.86. The molecule has 0 aliphatic carbocycles. The van der Waals surface area contributed by atoms with E-state index in [-0.39, 0.29) is 0 Å². The summed E-state index contributed by atoms with van der Waals surface area (Å²) in [5.74, 6) is 1.76. The molecule has 1 aliphatic rings. The van der Waals surface area contributed by atoms with Gasteiger partial charge in [0.15, 0.2) is 0 Å². The van der Waals surface area contributed by atoms with Crippen LogP contribution in [0.5, 0.6) is 0 Å². The summed E-state index contributed by atoms with van der Waals surface area (Å²) >= 11 is 0. The molecule has 0 N–H and O–H groups in total. The highest BCUT2D eigenvalue weighted by molar-refractivity contribution is 5.64. The molecule has 0 radical (unpaired) electrons. The smallest absolute Gasteiger partial charge is 0.122 e. The standard InChI is InChI=1S/C14H16O2/c1-11(15-2)10-12-6-3-4-7-13(12)14-8-5-9-16-14/h3-4,6-8H,1,5,9-10H2,2H3. The average molecular weight is 216 g/mol. The Morgan fingerprint density at radius 3 is 2.94 bits per heavy atom. The van der Waals surface area contributed by atoms with Crippen LogP contribution in [0.25, 0.3) is 5.76 Å². The molecular weight excluding hydrogens is 200 g/mol. The highest BCUT2D eigenvalue weighted by Crippen LogP contribution is 2.26. The van der Waals surface area contributed by atoms with Crippen LogP contribution in [0.3, 0.4) is 0 Å². The third kappa shape index (κ3) is 2.27. The van der Waals surface area contributed by atoms with Crippen LogP contribution in [0.15, 0.2) is 42.7 Å². The lowest BCUT2D eigenvalue weighted by Crippen LogP contribution is -1.97. The average Bonchev–Trinajstić information content (AvgIpc) is 2.83. The number of allylic oxidation sites excluding steroid dienone is 1. The first kappa shape index (κ1) is 10.8. The van der Waals surface area contributed by atoms with E-state index in [4.69, 9.17) is 9.47 Å². The van der Waals surface area contributed by atoms with Crippen molar-refractivity contribution >= 4 is 5.76 Å². The van der Waals surface area contributed by atoms with E-state index in [0.717, 1.165) is 36.5 Å². The molecule has 0 fully saturated rings. The van der Waals surface area contributed by atoms with E-state index in [0.29, 0.717) is 0 Å². The second kappa shape index (κ2) is 4.88. The van der Waals surface area contributed by atoms with Gasteiger partial charge >= 0.3 is 0 Å². The first-order valence-corrected chi connectivity index (χ1v) is 5.44. The molecule has 2 heteroatoms. The lowest BCUT2D eigenvalue weighted by Gasteiger charge is -2.11. The Morgan fingerprint density at radius 1 is 1.44 bits per heavy atom. The van der Waals surface area contributed by atoms with Crippen LogP contribution in [0, 0.1) is 0 Å². The lowest BCUT2D eigenvalue weighted by molar-refractivity contribution is 0.284. The summed E-state index contributed by atoms with van der Waals surface area (Å²) in [7, 11) is 1.65. The maximum atomic E-state index is 5.59. The first-order chi connectivity index (χ1) is 7.81. The van der Waals surface area contributed by atoms with E-state index in [2.05, 4.69) is 24.8 Å². The van der Waals surface area contributed by atoms with E-state index >= 15 is 0 Å². The number of benzene rings is 1. The van der Waals surface area contributed by atoms with Gasteiger partial charge < -0.3 is 9.47 Å². The molecule has 0 saturated heterocycles. The molecule has 1 aromatic carbocycles. The van der Waals surface area contributed by atoms with Crippen molar-refractivity contribution in [1.29, 1.82) is 0 Å². The minimum absolute atomic E-state index is 0.730. The molecular formula is C14H16O2. The molecule has 2 rings (SSSR count). The molecule has 0 aromatic heterocycles. The monoisotopic (exact) mass is 216 g/mol. The van der Waals surface area contributed by atoms with Gasteiger partial charge in [0.25, 0.3) is 0 Å². The molecule has 0 unspecified atom stereocenters. The molecule has 1 aromatic rings. The summed E-state index contributed by atoms with van der Waals surface area (Å²) in [5.41, 5.74) is 2.35. The number of hydrogen-bond donors (Lipinski definition) is 0. The zero-order valence-electron chi connectivity index (χ0n) is 9.53. The van der Waals surface area contributed by atoms with Gasteiger partial charge in [0.2, 0.25) is 0 Å². The summed E-state index contributed by atoms with van der Waals surface area (Å²) in [6, 6.07) is 8.21. The van der Waals surface area contributed by atoms with Crippen molar-refractivity contribution in [2.75, 3.05) is 13.7 Å². The molecule has 0 saturated carbocycles. The second-order valence-corrected chi connectivity index (χ2v) is 3.78. The SMILES string of the molecule is C=C(Cc1ccccc1C1=CCCO1)OC. The van der Waals surface area contributed by atoms with Gasteiger partial charge in [0, 0.05) is 18.4 Å². The maximum absolute atomic E-state index is 5.59. The highest BCUT2D eigenvalue weighted by Gasteiger charge is 2.12. The first-order valence-electron chi connectivity index (χ1n) is 5.44. The summed E-state index contributed by atoms with van der Waals surface area (Å²) in [6.45, 7) is 4.64.